The molecule has 4 heteroatoms. The molecule has 0 bridgehead atoms. The minimum atomic E-state index is 0.0489. The summed E-state index contributed by atoms with van der Waals surface area (Å²) >= 11 is 1.55. The van der Waals surface area contributed by atoms with Gasteiger partial charge in [0.15, 0.2) is 0 Å². The van der Waals surface area contributed by atoms with Crippen molar-refractivity contribution in [3.05, 3.63) is 17.0 Å². The summed E-state index contributed by atoms with van der Waals surface area (Å²) in [5, 5.41) is 5.78. The van der Waals surface area contributed by atoms with Crippen LogP contribution in [0.3, 0.4) is 0 Å². The van der Waals surface area contributed by atoms with Crippen molar-refractivity contribution in [3.8, 4) is 0 Å². The van der Waals surface area contributed by atoms with Gasteiger partial charge in [-0.3, -0.25) is 4.79 Å². The van der Waals surface area contributed by atoms with Crippen LogP contribution < -0.4 is 11.1 Å². The molecule has 14 heavy (non-hydrogen) atoms. The summed E-state index contributed by atoms with van der Waals surface area (Å²) in [6.07, 6.45) is 1.23. The molecule has 0 aliphatic carbocycles. The number of nitrogens with one attached hydrogen (secondary N) is 1. The largest absolute Gasteiger partial charge is 0.328 e. The van der Waals surface area contributed by atoms with E-state index in [1.54, 1.807) is 11.3 Å². The van der Waals surface area contributed by atoms with Crippen molar-refractivity contribution in [1.82, 2.24) is 0 Å². The van der Waals surface area contributed by atoms with Crippen LogP contribution in [0.5, 0.6) is 0 Å². The molecule has 1 aromatic heterocycles. The number of amides is 1. The van der Waals surface area contributed by atoms with E-state index in [2.05, 4.69) is 5.32 Å². The maximum atomic E-state index is 11.4. The molecule has 0 radical (unpaired) electrons. The van der Waals surface area contributed by atoms with Crippen molar-refractivity contribution in [3.63, 3.8) is 0 Å². The Hall–Kier alpha value is -0.870. The van der Waals surface area contributed by atoms with Gasteiger partial charge in [-0.1, -0.05) is 0 Å². The molecule has 0 saturated carbocycles. The zero-order valence-corrected chi connectivity index (χ0v) is 9.36. The number of rotatable bonds is 4. The van der Waals surface area contributed by atoms with Gasteiger partial charge in [-0.15, -0.1) is 11.3 Å². The Bertz CT molecular complexity index is 307. The number of hydrogen-bond acceptors (Lipinski definition) is 3. The smallest absolute Gasteiger partial charge is 0.225 e. The van der Waals surface area contributed by atoms with Crippen LogP contribution in [0.2, 0.25) is 0 Å². The van der Waals surface area contributed by atoms with Crippen molar-refractivity contribution in [1.29, 1.82) is 0 Å². The molecule has 1 aromatic rings. The van der Waals surface area contributed by atoms with E-state index in [0.717, 1.165) is 17.0 Å². The number of anilines is 1. The van der Waals surface area contributed by atoms with Crippen LogP contribution in [0.4, 0.5) is 5.00 Å². The molecular weight excluding hydrogens is 196 g/mol. The summed E-state index contributed by atoms with van der Waals surface area (Å²) in [6, 6.07) is 2.08. The third kappa shape index (κ3) is 3.47. The summed E-state index contributed by atoms with van der Waals surface area (Å²) < 4.78 is 0. The van der Waals surface area contributed by atoms with Gasteiger partial charge in [0, 0.05) is 12.5 Å². The highest BCUT2D eigenvalue weighted by Crippen LogP contribution is 2.21. The van der Waals surface area contributed by atoms with Gasteiger partial charge in [0.1, 0.15) is 0 Å². The Balaban J connectivity index is 2.38. The summed E-state index contributed by atoms with van der Waals surface area (Å²) in [5.41, 5.74) is 6.68. The highest BCUT2D eigenvalue weighted by molar-refractivity contribution is 7.14. The minimum Gasteiger partial charge on any atom is -0.328 e. The van der Waals surface area contributed by atoms with E-state index in [9.17, 15) is 4.79 Å². The molecule has 0 spiro atoms. The average molecular weight is 212 g/mol. The van der Waals surface area contributed by atoms with E-state index >= 15 is 0 Å². The first kappa shape index (κ1) is 11.2. The number of aryl methyl sites for hydroxylation is 1. The van der Waals surface area contributed by atoms with Gasteiger partial charge in [-0.05, 0) is 37.3 Å². The van der Waals surface area contributed by atoms with Crippen LogP contribution in [0.25, 0.3) is 0 Å². The lowest BCUT2D eigenvalue weighted by Gasteiger charge is -2.05. The van der Waals surface area contributed by atoms with Crippen LogP contribution >= 0.6 is 11.3 Å². The normalized spacial score (nSPS) is 12.5. The molecule has 1 amide bonds. The van der Waals surface area contributed by atoms with E-state index in [1.807, 2.05) is 25.3 Å². The maximum absolute atomic E-state index is 11.4. The van der Waals surface area contributed by atoms with Gasteiger partial charge in [-0.2, -0.15) is 0 Å². The van der Waals surface area contributed by atoms with Gasteiger partial charge >= 0.3 is 0 Å². The molecule has 0 aliphatic heterocycles. The lowest BCUT2D eigenvalue weighted by atomic mass is 10.2. The molecule has 0 fully saturated rings. The van der Waals surface area contributed by atoms with Crippen LogP contribution in [-0.2, 0) is 4.79 Å². The van der Waals surface area contributed by atoms with Gasteiger partial charge in [0.2, 0.25) is 5.91 Å². The standard InChI is InChI=1S/C10H16N2OS/c1-7-5-6-14-10(7)12-9(13)4-3-8(2)11/h5-6,8H,3-4,11H2,1-2H3,(H,12,13). The first-order valence-electron chi connectivity index (χ1n) is 4.69. The summed E-state index contributed by atoms with van der Waals surface area (Å²) in [4.78, 5) is 11.4. The predicted molar refractivity (Wildman–Crippen MR) is 60.6 cm³/mol. The van der Waals surface area contributed by atoms with Gasteiger partial charge in [0.25, 0.3) is 0 Å². The number of carbonyl (C=O) groups is 1. The molecule has 78 valence electrons. The molecule has 3 N–H and O–H groups in total. The minimum absolute atomic E-state index is 0.0489. The molecular formula is C10H16N2OS. The second kappa shape index (κ2) is 5.12. The molecule has 0 saturated heterocycles. The molecule has 1 rings (SSSR count). The molecule has 1 unspecified atom stereocenters. The predicted octanol–water partition coefficient (Wildman–Crippen LogP) is 2.12. The topological polar surface area (TPSA) is 55.1 Å². The fourth-order valence-electron chi connectivity index (χ4n) is 1.05. The Morgan fingerprint density at radius 1 is 1.71 bits per heavy atom. The lowest BCUT2D eigenvalue weighted by molar-refractivity contribution is -0.116. The van der Waals surface area contributed by atoms with Gasteiger partial charge in [0.05, 0.1) is 5.00 Å². The van der Waals surface area contributed by atoms with Crippen LogP contribution in [0, 0.1) is 6.92 Å². The second-order valence-electron chi connectivity index (χ2n) is 3.50. The van der Waals surface area contributed by atoms with Crippen LogP contribution in [0.15, 0.2) is 11.4 Å². The quantitative estimate of drug-likeness (QED) is 0.803. The second-order valence-corrected chi connectivity index (χ2v) is 4.41. The number of carbonyl (C=O) groups excluding carboxylic acids is 1. The number of thiophene rings is 1. The van der Waals surface area contributed by atoms with Crippen molar-refractivity contribution in [2.75, 3.05) is 5.32 Å². The van der Waals surface area contributed by atoms with E-state index in [1.165, 1.54) is 0 Å². The highest BCUT2D eigenvalue weighted by Gasteiger charge is 2.06. The van der Waals surface area contributed by atoms with E-state index in [0.29, 0.717) is 6.42 Å². The molecule has 0 aliphatic rings. The Labute approximate surface area is 88.3 Å². The van der Waals surface area contributed by atoms with Crippen molar-refractivity contribution in [2.45, 2.75) is 32.7 Å². The maximum Gasteiger partial charge on any atom is 0.225 e. The zero-order chi connectivity index (χ0) is 10.6. The Morgan fingerprint density at radius 2 is 2.43 bits per heavy atom. The number of nitrogens with two attached hydrogens (primary N) is 1. The monoisotopic (exact) mass is 212 g/mol. The van der Waals surface area contributed by atoms with Gasteiger partial charge < -0.3 is 11.1 Å². The summed E-state index contributed by atoms with van der Waals surface area (Å²) in [7, 11) is 0. The fraction of sp³-hybridized carbons (Fsp3) is 0.500. The van der Waals surface area contributed by atoms with Gasteiger partial charge in [-0.25, -0.2) is 0 Å². The SMILES string of the molecule is Cc1ccsc1NC(=O)CCC(C)N. The highest BCUT2D eigenvalue weighted by atomic mass is 32.1. The third-order valence-corrected chi connectivity index (χ3v) is 2.87. The van der Waals surface area contributed by atoms with Crippen LogP contribution in [0.1, 0.15) is 25.3 Å². The number of hydrogen-bond donors (Lipinski definition) is 2. The lowest BCUT2D eigenvalue weighted by Crippen LogP contribution is -2.19. The Morgan fingerprint density at radius 3 is 2.93 bits per heavy atom. The van der Waals surface area contributed by atoms with Crippen molar-refractivity contribution >= 4 is 22.2 Å². The first-order chi connectivity index (χ1) is 6.59. The third-order valence-electron chi connectivity index (χ3n) is 1.94. The van der Waals surface area contributed by atoms with Crippen molar-refractivity contribution in [2.24, 2.45) is 5.73 Å². The van der Waals surface area contributed by atoms with E-state index in [4.69, 9.17) is 5.73 Å². The zero-order valence-electron chi connectivity index (χ0n) is 8.54. The summed E-state index contributed by atoms with van der Waals surface area (Å²) in [5.74, 6) is 0.0489. The van der Waals surface area contributed by atoms with Crippen molar-refractivity contribution < 1.29 is 4.79 Å². The molecule has 3 nitrogen and oxygen atoms in total. The summed E-state index contributed by atoms with van der Waals surface area (Å²) in [6.45, 7) is 3.89. The van der Waals surface area contributed by atoms with Crippen LogP contribution in [-0.4, -0.2) is 11.9 Å². The first-order valence-corrected chi connectivity index (χ1v) is 5.57. The molecule has 1 heterocycles. The molecule has 1 atom stereocenters. The average Bonchev–Trinajstić information content (AvgIpc) is 2.49. The fourth-order valence-corrected chi connectivity index (χ4v) is 1.88. The van der Waals surface area contributed by atoms with E-state index in [-0.39, 0.29) is 11.9 Å². The van der Waals surface area contributed by atoms with E-state index < -0.39 is 0 Å². The molecule has 0 aromatic carbocycles. The Kier molecular flexibility index (Phi) is 4.10.